The maximum absolute atomic E-state index is 13.0. The molecule has 0 atom stereocenters. The van der Waals surface area contributed by atoms with E-state index in [1.165, 1.54) is 45.8 Å². The van der Waals surface area contributed by atoms with E-state index < -0.39 is 11.1 Å². The van der Waals surface area contributed by atoms with Gasteiger partial charge in [-0.05, 0) is 42.8 Å². The number of hydrogen-bond acceptors (Lipinski definition) is 5. The van der Waals surface area contributed by atoms with Crippen LogP contribution in [0, 0.1) is 12.7 Å². The van der Waals surface area contributed by atoms with Crippen molar-refractivity contribution in [3.8, 4) is 17.1 Å². The molecule has 0 aliphatic heterocycles. The van der Waals surface area contributed by atoms with Crippen LogP contribution < -0.4 is 11.1 Å². The maximum Gasteiger partial charge on any atom is 0.320 e. The zero-order valence-corrected chi connectivity index (χ0v) is 14.9. The summed E-state index contributed by atoms with van der Waals surface area (Å²) < 4.78 is 20.7. The van der Waals surface area contributed by atoms with Crippen LogP contribution in [0.15, 0.2) is 75.0 Å². The van der Waals surface area contributed by atoms with Crippen molar-refractivity contribution in [1.82, 2.24) is 19.3 Å². The molecule has 2 aromatic heterocycles. The molecule has 0 amide bonds. The minimum absolute atomic E-state index is 0.0448. The highest BCUT2D eigenvalue weighted by molar-refractivity contribution is 5.53. The molecule has 0 unspecified atom stereocenters. The molecule has 8 heteroatoms. The summed E-state index contributed by atoms with van der Waals surface area (Å²) in [7, 11) is 0. The number of halogens is 1. The van der Waals surface area contributed by atoms with Crippen LogP contribution in [0.5, 0.6) is 0 Å². The van der Waals surface area contributed by atoms with E-state index in [1.807, 2.05) is 19.1 Å². The van der Waals surface area contributed by atoms with E-state index in [-0.39, 0.29) is 24.1 Å². The molecule has 0 aliphatic rings. The average Bonchev–Trinajstić information content (AvgIpc) is 3.16. The van der Waals surface area contributed by atoms with Crippen molar-refractivity contribution in [2.75, 3.05) is 0 Å². The van der Waals surface area contributed by atoms with Gasteiger partial charge in [0.1, 0.15) is 12.4 Å². The molecular formula is C20H15FN4O3. The van der Waals surface area contributed by atoms with Crippen molar-refractivity contribution in [3.05, 3.63) is 98.9 Å². The van der Waals surface area contributed by atoms with Gasteiger partial charge in [0.05, 0.1) is 5.69 Å². The Morgan fingerprint density at radius 1 is 1.00 bits per heavy atom. The molecule has 0 radical (unpaired) electrons. The fraction of sp³-hybridized carbons (Fsp3) is 0.100. The highest BCUT2D eigenvalue weighted by atomic mass is 19.1. The van der Waals surface area contributed by atoms with Crippen molar-refractivity contribution in [2.45, 2.75) is 13.5 Å². The third-order valence-electron chi connectivity index (χ3n) is 4.31. The highest BCUT2D eigenvalue weighted by Crippen LogP contribution is 2.16. The first kappa shape index (κ1) is 17.6. The molecule has 0 saturated carbocycles. The fourth-order valence-electron chi connectivity index (χ4n) is 2.84. The minimum atomic E-state index is -0.702. The van der Waals surface area contributed by atoms with Gasteiger partial charge in [0.25, 0.3) is 0 Å². The van der Waals surface area contributed by atoms with Gasteiger partial charge in [-0.25, -0.2) is 4.39 Å². The van der Waals surface area contributed by atoms with E-state index in [1.54, 1.807) is 12.1 Å². The third kappa shape index (κ3) is 3.27. The molecular weight excluding hydrogens is 363 g/mol. The first-order chi connectivity index (χ1) is 13.5. The lowest BCUT2D eigenvalue weighted by atomic mass is 10.2. The molecule has 4 aromatic rings. The number of hydrogen-bond donors (Lipinski definition) is 0. The zero-order valence-electron chi connectivity index (χ0n) is 14.9. The summed E-state index contributed by atoms with van der Waals surface area (Å²) in [6.07, 6.45) is 3.03. The number of nitrogens with zero attached hydrogens (tertiary/aromatic N) is 4. The Morgan fingerprint density at radius 3 is 2.50 bits per heavy atom. The lowest BCUT2D eigenvalue weighted by Crippen LogP contribution is -2.40. The van der Waals surface area contributed by atoms with Crippen LogP contribution in [0.25, 0.3) is 17.1 Å². The van der Waals surface area contributed by atoms with E-state index in [9.17, 15) is 14.0 Å². The van der Waals surface area contributed by atoms with Crippen molar-refractivity contribution >= 4 is 0 Å². The van der Waals surface area contributed by atoms with Crippen LogP contribution in [0.1, 0.15) is 11.5 Å². The first-order valence-electron chi connectivity index (χ1n) is 8.49. The molecule has 0 aliphatic carbocycles. The molecule has 2 heterocycles. The molecule has 0 saturated heterocycles. The summed E-state index contributed by atoms with van der Waals surface area (Å²) in [5.74, 6) is 0.0685. The number of rotatable bonds is 4. The van der Waals surface area contributed by atoms with Gasteiger partial charge in [-0.1, -0.05) is 23.4 Å². The summed E-state index contributed by atoms with van der Waals surface area (Å²) in [5.41, 5.74) is 0.733. The Labute approximate surface area is 158 Å². The van der Waals surface area contributed by atoms with Gasteiger partial charge in [0.15, 0.2) is 0 Å². The van der Waals surface area contributed by atoms with E-state index in [0.717, 1.165) is 5.56 Å². The van der Waals surface area contributed by atoms with Crippen molar-refractivity contribution in [3.63, 3.8) is 0 Å². The molecule has 0 fully saturated rings. The number of aryl methyl sites for hydroxylation is 1. The Morgan fingerprint density at radius 2 is 1.75 bits per heavy atom. The standard InChI is InChI=1S/C20H15FN4O3/c1-13-4-2-3-5-16(13)25-11-10-24(19(26)20(25)27)12-17-22-18(23-28-17)14-6-8-15(21)9-7-14/h2-11H,12H2,1H3. The summed E-state index contributed by atoms with van der Waals surface area (Å²) in [6, 6.07) is 12.9. The zero-order chi connectivity index (χ0) is 19.7. The van der Waals surface area contributed by atoms with E-state index >= 15 is 0 Å². The van der Waals surface area contributed by atoms with Crippen LogP contribution >= 0.6 is 0 Å². The highest BCUT2D eigenvalue weighted by Gasteiger charge is 2.13. The fourth-order valence-corrected chi connectivity index (χ4v) is 2.84. The molecule has 4 rings (SSSR count). The summed E-state index contributed by atoms with van der Waals surface area (Å²) in [4.78, 5) is 29.2. The van der Waals surface area contributed by atoms with Crippen LogP contribution in [-0.2, 0) is 6.54 Å². The first-order valence-corrected chi connectivity index (χ1v) is 8.49. The topological polar surface area (TPSA) is 82.9 Å². The van der Waals surface area contributed by atoms with Crippen molar-refractivity contribution in [1.29, 1.82) is 0 Å². The summed E-state index contributed by atoms with van der Waals surface area (Å²) >= 11 is 0. The van der Waals surface area contributed by atoms with Gasteiger partial charge in [-0.3, -0.25) is 18.7 Å². The normalized spacial score (nSPS) is 10.9. The quantitative estimate of drug-likeness (QED) is 0.510. The largest absolute Gasteiger partial charge is 0.337 e. The van der Waals surface area contributed by atoms with Gasteiger partial charge >= 0.3 is 11.1 Å². The van der Waals surface area contributed by atoms with E-state index in [0.29, 0.717) is 11.3 Å². The van der Waals surface area contributed by atoms with Gasteiger partial charge < -0.3 is 4.52 Å². The second-order valence-electron chi connectivity index (χ2n) is 6.21. The second-order valence-corrected chi connectivity index (χ2v) is 6.21. The van der Waals surface area contributed by atoms with Crippen LogP contribution in [0.3, 0.4) is 0 Å². The Bertz CT molecular complexity index is 1260. The minimum Gasteiger partial charge on any atom is -0.337 e. The van der Waals surface area contributed by atoms with Gasteiger partial charge in [0, 0.05) is 18.0 Å². The number of aromatic nitrogens is 4. The Balaban J connectivity index is 1.64. The number of para-hydroxylation sites is 1. The smallest absolute Gasteiger partial charge is 0.320 e. The molecule has 0 bridgehead atoms. The Kier molecular flexibility index (Phi) is 4.44. The maximum atomic E-state index is 13.0. The molecule has 2 aromatic carbocycles. The van der Waals surface area contributed by atoms with Crippen molar-refractivity contribution in [2.24, 2.45) is 0 Å². The molecule has 0 N–H and O–H groups in total. The third-order valence-corrected chi connectivity index (χ3v) is 4.31. The molecule has 28 heavy (non-hydrogen) atoms. The van der Waals surface area contributed by atoms with E-state index in [4.69, 9.17) is 4.52 Å². The van der Waals surface area contributed by atoms with Gasteiger partial charge in [-0.2, -0.15) is 4.98 Å². The monoisotopic (exact) mass is 378 g/mol. The molecule has 0 spiro atoms. The van der Waals surface area contributed by atoms with Crippen LogP contribution in [-0.4, -0.2) is 19.3 Å². The van der Waals surface area contributed by atoms with Crippen LogP contribution in [0.4, 0.5) is 4.39 Å². The summed E-state index contributed by atoms with van der Waals surface area (Å²) in [5, 5.41) is 3.83. The van der Waals surface area contributed by atoms with E-state index in [2.05, 4.69) is 10.1 Å². The Hall–Kier alpha value is -3.81. The predicted molar refractivity (Wildman–Crippen MR) is 99.8 cm³/mol. The lowest BCUT2D eigenvalue weighted by molar-refractivity contribution is 0.369. The van der Waals surface area contributed by atoms with Gasteiger partial charge in [-0.15, -0.1) is 0 Å². The molecule has 7 nitrogen and oxygen atoms in total. The number of benzene rings is 2. The van der Waals surface area contributed by atoms with Gasteiger partial charge in [0.2, 0.25) is 11.7 Å². The predicted octanol–water partition coefficient (Wildman–Crippen LogP) is 2.55. The summed E-state index contributed by atoms with van der Waals surface area (Å²) in [6.45, 7) is 1.82. The average molecular weight is 378 g/mol. The SMILES string of the molecule is Cc1ccccc1-n1ccn(Cc2nc(-c3ccc(F)cc3)no2)c(=O)c1=O. The molecule has 140 valence electrons. The second kappa shape index (κ2) is 7.07. The van der Waals surface area contributed by atoms with Crippen LogP contribution in [0.2, 0.25) is 0 Å². The van der Waals surface area contributed by atoms with Crippen molar-refractivity contribution < 1.29 is 8.91 Å². The lowest BCUT2D eigenvalue weighted by Gasteiger charge is -2.09.